The average Bonchev–Trinajstić information content (AvgIpc) is 2.79. The predicted octanol–water partition coefficient (Wildman–Crippen LogP) is 4.13. The quantitative estimate of drug-likeness (QED) is 0.739. The van der Waals surface area contributed by atoms with E-state index < -0.39 is 0 Å². The maximum Gasteiger partial charge on any atom is 0.167 e. The smallest absolute Gasteiger partial charge is 0.167 e. The van der Waals surface area contributed by atoms with Crippen molar-refractivity contribution in [1.82, 2.24) is 15.1 Å². The zero-order valence-electron chi connectivity index (χ0n) is 13.0. The fourth-order valence-corrected chi connectivity index (χ4v) is 2.87. The fourth-order valence-electron chi connectivity index (χ4n) is 2.17. The van der Waals surface area contributed by atoms with Crippen LogP contribution in [0.25, 0.3) is 11.4 Å². The van der Waals surface area contributed by atoms with E-state index in [4.69, 9.17) is 9.51 Å². The molecule has 0 aromatic carbocycles. The first-order valence-corrected chi connectivity index (χ1v) is 8.39. The van der Waals surface area contributed by atoms with Gasteiger partial charge in [-0.25, -0.2) is 9.97 Å². The highest BCUT2D eigenvalue weighted by Crippen LogP contribution is 2.28. The first-order valence-electron chi connectivity index (χ1n) is 7.32. The maximum atomic E-state index is 5.25. The molecule has 1 N–H and O–H groups in total. The normalized spacial score (nSPS) is 10.9. The monoisotopic (exact) mass is 400 g/mol. The molecule has 0 saturated heterocycles. The Morgan fingerprint density at radius 2 is 1.90 bits per heavy atom. The molecule has 2 aromatic heterocycles. The van der Waals surface area contributed by atoms with Crippen molar-refractivity contribution >= 4 is 28.4 Å². The summed E-state index contributed by atoms with van der Waals surface area (Å²) in [6, 6.07) is 0. The second-order valence-corrected chi connectivity index (χ2v) is 6.11. The van der Waals surface area contributed by atoms with Gasteiger partial charge in [0.05, 0.1) is 20.5 Å². The van der Waals surface area contributed by atoms with Crippen LogP contribution in [-0.2, 0) is 6.42 Å². The number of nitrogens with zero attached hydrogens (tertiary/aromatic N) is 3. The largest absolute Gasteiger partial charge is 0.369 e. The Kier molecular flexibility index (Phi) is 5.55. The van der Waals surface area contributed by atoms with Crippen molar-refractivity contribution in [2.24, 2.45) is 0 Å². The minimum atomic E-state index is 0.703. The van der Waals surface area contributed by atoms with Crippen molar-refractivity contribution in [2.75, 3.05) is 11.9 Å². The zero-order chi connectivity index (χ0) is 15.4. The molecule has 0 unspecified atom stereocenters. The van der Waals surface area contributed by atoms with Crippen LogP contribution < -0.4 is 5.32 Å². The summed E-state index contributed by atoms with van der Waals surface area (Å²) in [4.78, 5) is 9.42. The molecule has 0 bridgehead atoms. The molecule has 0 spiro atoms. The van der Waals surface area contributed by atoms with Crippen molar-refractivity contribution in [3.63, 3.8) is 0 Å². The molecule has 6 heteroatoms. The van der Waals surface area contributed by atoms with Gasteiger partial charge in [0, 0.05) is 6.54 Å². The van der Waals surface area contributed by atoms with E-state index >= 15 is 0 Å². The van der Waals surface area contributed by atoms with Crippen molar-refractivity contribution < 1.29 is 4.52 Å². The minimum Gasteiger partial charge on any atom is -0.369 e. The van der Waals surface area contributed by atoms with Crippen LogP contribution in [0.2, 0.25) is 0 Å². The molecule has 0 aliphatic carbocycles. The number of rotatable bonds is 6. The minimum absolute atomic E-state index is 0.703. The standard InChI is InChI=1S/C15H21IN4O/c1-5-7-11-13(16)15(17-8-6-2)19-14(18-11)12-9(3)20-21-10(12)4/h5-8H2,1-4H3,(H,17,18,19). The first kappa shape index (κ1) is 16.2. The Morgan fingerprint density at radius 3 is 2.48 bits per heavy atom. The van der Waals surface area contributed by atoms with E-state index in [0.29, 0.717) is 5.82 Å². The Labute approximate surface area is 139 Å². The summed E-state index contributed by atoms with van der Waals surface area (Å²) in [6.45, 7) is 9.02. The van der Waals surface area contributed by atoms with Crippen molar-refractivity contribution in [3.05, 3.63) is 20.7 Å². The fraction of sp³-hybridized carbons (Fsp3) is 0.533. The lowest BCUT2D eigenvalue weighted by Crippen LogP contribution is -2.09. The van der Waals surface area contributed by atoms with E-state index in [-0.39, 0.29) is 0 Å². The molecular formula is C15H21IN4O. The second-order valence-electron chi connectivity index (χ2n) is 5.03. The molecule has 0 amide bonds. The van der Waals surface area contributed by atoms with Crippen LogP contribution in [0, 0.1) is 17.4 Å². The summed E-state index contributed by atoms with van der Waals surface area (Å²) in [6.07, 6.45) is 3.06. The van der Waals surface area contributed by atoms with Gasteiger partial charge in [-0.3, -0.25) is 0 Å². The van der Waals surface area contributed by atoms with E-state index in [1.807, 2.05) is 13.8 Å². The van der Waals surface area contributed by atoms with Crippen LogP contribution in [0.4, 0.5) is 5.82 Å². The van der Waals surface area contributed by atoms with Gasteiger partial charge in [-0.15, -0.1) is 0 Å². The zero-order valence-corrected chi connectivity index (χ0v) is 15.1. The molecule has 0 aliphatic heterocycles. The highest BCUT2D eigenvalue weighted by Gasteiger charge is 2.18. The molecule has 114 valence electrons. The third-order valence-electron chi connectivity index (χ3n) is 3.21. The van der Waals surface area contributed by atoms with Crippen molar-refractivity contribution in [2.45, 2.75) is 47.0 Å². The van der Waals surface area contributed by atoms with Crippen LogP contribution in [0.15, 0.2) is 4.52 Å². The Balaban J connectivity index is 2.53. The van der Waals surface area contributed by atoms with Crippen LogP contribution >= 0.6 is 22.6 Å². The molecule has 0 radical (unpaired) electrons. The van der Waals surface area contributed by atoms with Gasteiger partial charge < -0.3 is 9.84 Å². The summed E-state index contributed by atoms with van der Waals surface area (Å²) < 4.78 is 6.36. The number of aryl methyl sites for hydroxylation is 3. The van der Waals surface area contributed by atoms with Gasteiger partial charge in [0.1, 0.15) is 11.6 Å². The predicted molar refractivity (Wildman–Crippen MR) is 92.5 cm³/mol. The molecular weight excluding hydrogens is 379 g/mol. The van der Waals surface area contributed by atoms with Gasteiger partial charge in [0.2, 0.25) is 0 Å². The molecule has 0 fully saturated rings. The number of hydrogen-bond acceptors (Lipinski definition) is 5. The topological polar surface area (TPSA) is 63.8 Å². The molecule has 2 aromatic rings. The highest BCUT2D eigenvalue weighted by molar-refractivity contribution is 14.1. The summed E-state index contributed by atoms with van der Waals surface area (Å²) in [5.41, 5.74) is 2.82. The highest BCUT2D eigenvalue weighted by atomic mass is 127. The number of aromatic nitrogens is 3. The third-order valence-corrected chi connectivity index (χ3v) is 4.34. The number of nitrogens with one attached hydrogen (secondary N) is 1. The van der Waals surface area contributed by atoms with Gasteiger partial charge in [-0.1, -0.05) is 25.4 Å². The van der Waals surface area contributed by atoms with E-state index in [0.717, 1.165) is 57.9 Å². The average molecular weight is 400 g/mol. The number of hydrogen-bond donors (Lipinski definition) is 1. The maximum absolute atomic E-state index is 5.25. The summed E-state index contributed by atoms with van der Waals surface area (Å²) in [5, 5.41) is 7.40. The molecule has 21 heavy (non-hydrogen) atoms. The second kappa shape index (κ2) is 7.20. The van der Waals surface area contributed by atoms with E-state index in [1.54, 1.807) is 0 Å². The van der Waals surface area contributed by atoms with Gasteiger partial charge in [0.25, 0.3) is 0 Å². The first-order chi connectivity index (χ1) is 10.1. The van der Waals surface area contributed by atoms with Crippen LogP contribution in [0.1, 0.15) is 43.8 Å². The lowest BCUT2D eigenvalue weighted by molar-refractivity contribution is 0.393. The Hall–Kier alpha value is -1.18. The van der Waals surface area contributed by atoms with Crippen molar-refractivity contribution in [1.29, 1.82) is 0 Å². The summed E-state index contributed by atoms with van der Waals surface area (Å²) >= 11 is 2.33. The number of anilines is 1. The Bertz CT molecular complexity index is 605. The lowest BCUT2D eigenvalue weighted by Gasteiger charge is -2.12. The van der Waals surface area contributed by atoms with Gasteiger partial charge in [-0.05, 0) is 49.3 Å². The molecule has 2 heterocycles. The lowest BCUT2D eigenvalue weighted by atomic mass is 10.1. The van der Waals surface area contributed by atoms with E-state index in [1.165, 1.54) is 0 Å². The molecule has 0 saturated carbocycles. The third kappa shape index (κ3) is 3.53. The summed E-state index contributed by atoms with van der Waals surface area (Å²) in [5.74, 6) is 2.37. The van der Waals surface area contributed by atoms with Gasteiger partial charge in [-0.2, -0.15) is 0 Å². The molecule has 5 nitrogen and oxygen atoms in total. The Morgan fingerprint density at radius 1 is 1.14 bits per heavy atom. The summed E-state index contributed by atoms with van der Waals surface area (Å²) in [7, 11) is 0. The van der Waals surface area contributed by atoms with Crippen LogP contribution in [-0.4, -0.2) is 21.7 Å². The van der Waals surface area contributed by atoms with Crippen LogP contribution in [0.5, 0.6) is 0 Å². The SMILES string of the molecule is CCCNc1nc(-c2c(C)noc2C)nc(CCC)c1I. The van der Waals surface area contributed by atoms with Gasteiger partial charge in [0.15, 0.2) is 5.82 Å². The number of halogens is 1. The molecule has 0 atom stereocenters. The van der Waals surface area contributed by atoms with Crippen LogP contribution in [0.3, 0.4) is 0 Å². The van der Waals surface area contributed by atoms with Crippen molar-refractivity contribution in [3.8, 4) is 11.4 Å². The van der Waals surface area contributed by atoms with E-state index in [9.17, 15) is 0 Å². The van der Waals surface area contributed by atoms with E-state index in [2.05, 4.69) is 51.9 Å². The van der Waals surface area contributed by atoms with Gasteiger partial charge >= 0.3 is 0 Å². The molecule has 0 aliphatic rings. The molecule has 2 rings (SSSR count).